The number of rotatable bonds is 2. The van der Waals surface area contributed by atoms with E-state index in [1.807, 2.05) is 0 Å². The van der Waals surface area contributed by atoms with Gasteiger partial charge in [-0.3, -0.25) is 4.90 Å². The lowest BCUT2D eigenvalue weighted by Gasteiger charge is -2.41. The van der Waals surface area contributed by atoms with Crippen molar-refractivity contribution in [1.29, 1.82) is 0 Å². The van der Waals surface area contributed by atoms with Gasteiger partial charge in [0.25, 0.3) is 0 Å². The second-order valence-corrected chi connectivity index (χ2v) is 5.47. The Kier molecular flexibility index (Phi) is 4.04. The van der Waals surface area contributed by atoms with Gasteiger partial charge in [-0.15, -0.1) is 0 Å². The fourth-order valence-corrected chi connectivity index (χ4v) is 3.17. The van der Waals surface area contributed by atoms with Gasteiger partial charge in [0, 0.05) is 24.7 Å². The predicted molar refractivity (Wildman–Crippen MR) is 65.1 cm³/mol. The van der Waals surface area contributed by atoms with Gasteiger partial charge in [-0.1, -0.05) is 12.8 Å². The van der Waals surface area contributed by atoms with Crippen LogP contribution < -0.4 is 5.32 Å². The summed E-state index contributed by atoms with van der Waals surface area (Å²) in [4.78, 5) is 2.73. The van der Waals surface area contributed by atoms with Crippen LogP contribution in [0.5, 0.6) is 0 Å². The lowest BCUT2D eigenvalue weighted by molar-refractivity contribution is 0.0864. The van der Waals surface area contributed by atoms with E-state index in [4.69, 9.17) is 0 Å². The predicted octanol–water partition coefficient (Wildman–Crippen LogP) is 2.39. The average Bonchev–Trinajstić information content (AvgIpc) is 2.25. The highest BCUT2D eigenvalue weighted by molar-refractivity contribution is 4.84. The molecule has 2 rings (SSSR count). The number of likely N-dealkylation sites (tertiary alicyclic amines) is 1. The van der Waals surface area contributed by atoms with Gasteiger partial charge in [0.05, 0.1) is 0 Å². The van der Waals surface area contributed by atoms with Crippen LogP contribution in [0.15, 0.2) is 0 Å². The molecule has 1 N–H and O–H groups in total. The maximum Gasteiger partial charge on any atom is 0.0195 e. The first-order valence-electron chi connectivity index (χ1n) is 6.76. The molecule has 2 aliphatic heterocycles. The highest BCUT2D eigenvalue weighted by Crippen LogP contribution is 2.23. The smallest absolute Gasteiger partial charge is 0.0195 e. The third kappa shape index (κ3) is 2.94. The Bertz CT molecular complexity index is 177. The molecule has 0 aliphatic carbocycles. The van der Waals surface area contributed by atoms with Crippen LogP contribution in [0.3, 0.4) is 0 Å². The Morgan fingerprint density at radius 3 is 2.33 bits per heavy atom. The van der Waals surface area contributed by atoms with Crippen LogP contribution in [-0.2, 0) is 0 Å². The quantitative estimate of drug-likeness (QED) is 0.753. The monoisotopic (exact) mass is 210 g/mol. The van der Waals surface area contributed by atoms with Crippen molar-refractivity contribution < 1.29 is 0 Å². The zero-order chi connectivity index (χ0) is 10.7. The Hall–Kier alpha value is -0.0800. The minimum absolute atomic E-state index is 0.766. The Labute approximate surface area is 94.4 Å². The summed E-state index contributed by atoms with van der Waals surface area (Å²) in [6.45, 7) is 7.32. The number of piperidine rings is 2. The molecule has 2 heteroatoms. The van der Waals surface area contributed by atoms with Gasteiger partial charge >= 0.3 is 0 Å². The summed E-state index contributed by atoms with van der Waals surface area (Å²) in [5.74, 6) is 0. The van der Waals surface area contributed by atoms with E-state index in [2.05, 4.69) is 24.1 Å². The largest absolute Gasteiger partial charge is 0.313 e. The molecule has 2 nitrogen and oxygen atoms in total. The Morgan fingerprint density at radius 1 is 1.00 bits per heavy atom. The molecule has 2 saturated heterocycles. The van der Waals surface area contributed by atoms with Crippen molar-refractivity contribution in [2.24, 2.45) is 0 Å². The van der Waals surface area contributed by atoms with Crippen molar-refractivity contribution in [3.8, 4) is 0 Å². The average molecular weight is 210 g/mol. The minimum atomic E-state index is 0.766. The summed E-state index contributed by atoms with van der Waals surface area (Å²) < 4.78 is 0. The van der Waals surface area contributed by atoms with E-state index >= 15 is 0 Å². The highest BCUT2D eigenvalue weighted by Gasteiger charge is 2.27. The summed E-state index contributed by atoms with van der Waals surface area (Å²) in [5.41, 5.74) is 0. The van der Waals surface area contributed by atoms with Crippen molar-refractivity contribution in [3.63, 3.8) is 0 Å². The van der Waals surface area contributed by atoms with Crippen LogP contribution in [0.1, 0.15) is 52.4 Å². The van der Waals surface area contributed by atoms with Crippen LogP contribution in [-0.4, -0.2) is 36.1 Å². The van der Waals surface area contributed by atoms with Crippen LogP contribution in [0, 0.1) is 0 Å². The van der Waals surface area contributed by atoms with Gasteiger partial charge in [0.1, 0.15) is 0 Å². The van der Waals surface area contributed by atoms with E-state index in [0.717, 1.165) is 18.1 Å². The maximum atomic E-state index is 3.67. The Balaban J connectivity index is 1.84. The fraction of sp³-hybridized carbons (Fsp3) is 1.00. The molecule has 0 radical (unpaired) electrons. The molecule has 15 heavy (non-hydrogen) atoms. The fourth-order valence-electron chi connectivity index (χ4n) is 3.17. The van der Waals surface area contributed by atoms with Gasteiger partial charge < -0.3 is 5.32 Å². The normalized spacial score (nSPS) is 39.2. The van der Waals surface area contributed by atoms with Crippen molar-refractivity contribution in [1.82, 2.24) is 10.2 Å². The van der Waals surface area contributed by atoms with Crippen molar-refractivity contribution in [2.75, 3.05) is 13.1 Å². The van der Waals surface area contributed by atoms with Crippen molar-refractivity contribution >= 4 is 0 Å². The lowest BCUT2D eigenvalue weighted by atomic mass is 9.95. The first-order chi connectivity index (χ1) is 7.27. The second-order valence-electron chi connectivity index (χ2n) is 5.47. The van der Waals surface area contributed by atoms with Crippen LogP contribution in [0.4, 0.5) is 0 Å². The lowest BCUT2D eigenvalue weighted by Crippen LogP contribution is -2.51. The molecule has 0 bridgehead atoms. The van der Waals surface area contributed by atoms with Gasteiger partial charge in [-0.25, -0.2) is 0 Å². The van der Waals surface area contributed by atoms with E-state index in [1.54, 1.807) is 0 Å². The molecule has 2 aliphatic rings. The van der Waals surface area contributed by atoms with Crippen LogP contribution >= 0.6 is 0 Å². The van der Waals surface area contributed by atoms with E-state index in [0.29, 0.717) is 0 Å². The molecular formula is C13H26N2. The van der Waals surface area contributed by atoms with Crippen LogP contribution in [0.25, 0.3) is 0 Å². The van der Waals surface area contributed by atoms with Gasteiger partial charge in [-0.05, 0) is 46.1 Å². The molecule has 0 amide bonds. The standard InChI is InChI=1S/C13H26N2/c1-11-6-5-7-12(2)15(11)10-13-8-3-4-9-14-13/h11-14H,3-10H2,1-2H3. The first-order valence-corrected chi connectivity index (χ1v) is 6.76. The molecule has 0 aromatic heterocycles. The minimum Gasteiger partial charge on any atom is -0.313 e. The topological polar surface area (TPSA) is 15.3 Å². The Morgan fingerprint density at radius 2 is 1.73 bits per heavy atom. The molecule has 0 spiro atoms. The molecule has 3 unspecified atom stereocenters. The molecule has 0 aromatic rings. The molecule has 2 fully saturated rings. The molecule has 0 aromatic carbocycles. The highest BCUT2D eigenvalue weighted by atomic mass is 15.2. The van der Waals surface area contributed by atoms with E-state index in [1.165, 1.54) is 51.6 Å². The summed E-state index contributed by atoms with van der Waals surface area (Å²) >= 11 is 0. The van der Waals surface area contributed by atoms with Crippen molar-refractivity contribution in [2.45, 2.75) is 70.5 Å². The van der Waals surface area contributed by atoms with E-state index in [-0.39, 0.29) is 0 Å². The van der Waals surface area contributed by atoms with Gasteiger partial charge in [0.15, 0.2) is 0 Å². The summed E-state index contributed by atoms with van der Waals surface area (Å²) in [6.07, 6.45) is 8.41. The zero-order valence-corrected chi connectivity index (χ0v) is 10.3. The zero-order valence-electron chi connectivity index (χ0n) is 10.3. The summed E-state index contributed by atoms with van der Waals surface area (Å²) in [6, 6.07) is 2.37. The summed E-state index contributed by atoms with van der Waals surface area (Å²) in [5, 5.41) is 3.67. The van der Waals surface area contributed by atoms with E-state index in [9.17, 15) is 0 Å². The molecule has 3 atom stereocenters. The van der Waals surface area contributed by atoms with Gasteiger partial charge in [-0.2, -0.15) is 0 Å². The maximum absolute atomic E-state index is 3.67. The number of hydrogen-bond acceptors (Lipinski definition) is 2. The molecule has 2 heterocycles. The second kappa shape index (κ2) is 5.31. The number of hydrogen-bond donors (Lipinski definition) is 1. The molecule has 0 saturated carbocycles. The number of nitrogens with zero attached hydrogens (tertiary/aromatic N) is 1. The third-order valence-electron chi connectivity index (χ3n) is 4.22. The first kappa shape index (κ1) is 11.4. The molecule has 88 valence electrons. The summed E-state index contributed by atoms with van der Waals surface area (Å²) in [7, 11) is 0. The van der Waals surface area contributed by atoms with Crippen LogP contribution in [0.2, 0.25) is 0 Å². The van der Waals surface area contributed by atoms with Crippen molar-refractivity contribution in [3.05, 3.63) is 0 Å². The molecular weight excluding hydrogens is 184 g/mol. The third-order valence-corrected chi connectivity index (χ3v) is 4.22. The van der Waals surface area contributed by atoms with Gasteiger partial charge in [0.2, 0.25) is 0 Å². The van der Waals surface area contributed by atoms with E-state index < -0.39 is 0 Å². The SMILES string of the molecule is CC1CCCC(C)N1CC1CCCCN1. The number of nitrogens with one attached hydrogen (secondary N) is 1.